The Morgan fingerprint density at radius 2 is 1.00 bits per heavy atom. The molecule has 272 valence electrons. The highest BCUT2D eigenvalue weighted by molar-refractivity contribution is 7.26. The number of benzene rings is 9. The first-order chi connectivity index (χ1) is 28.8. The maximum Gasteiger partial charge on any atom is 0.143 e. The molecule has 0 atom stereocenters. The molecular weight excluding hydrogens is 723 g/mol. The summed E-state index contributed by atoms with van der Waals surface area (Å²) in [6, 6.07) is 77.5. The van der Waals surface area contributed by atoms with Crippen molar-refractivity contribution in [3.05, 3.63) is 235 Å². The minimum Gasteiger partial charge on any atom is -0.455 e. The number of fused-ring (bicyclic) bond motifs is 9. The van der Waals surface area contributed by atoms with Gasteiger partial charge in [0, 0.05) is 47.8 Å². The Morgan fingerprint density at radius 1 is 0.414 bits per heavy atom. The number of anilines is 3. The first-order valence-electron chi connectivity index (χ1n) is 19.8. The van der Waals surface area contributed by atoms with E-state index in [2.05, 4.69) is 211 Å². The molecule has 12 rings (SSSR count). The fourth-order valence-electron chi connectivity index (χ4n) is 9.78. The van der Waals surface area contributed by atoms with Gasteiger partial charge in [-0.25, -0.2) is 0 Å². The Bertz CT molecular complexity index is 3300. The highest BCUT2D eigenvalue weighted by Crippen LogP contribution is 2.60. The zero-order valence-corrected chi connectivity index (χ0v) is 32.3. The fraction of sp³-hybridized carbons (Fsp3) is 0.0182. The minimum atomic E-state index is -0.508. The van der Waals surface area contributed by atoms with Gasteiger partial charge in [-0.3, -0.25) is 0 Å². The quantitative estimate of drug-likeness (QED) is 0.168. The SMILES string of the molecule is c1ccc(C2(c3ccccc3)c3ccccc3-c3c(N(c4ccc(-c5cccc6c5oc5ccccc56)cc4)c4cccc5sc6ccccc6c45)cccc32)cc1. The number of para-hydroxylation sites is 2. The summed E-state index contributed by atoms with van der Waals surface area (Å²) in [5.41, 5.74) is 14.5. The summed E-state index contributed by atoms with van der Waals surface area (Å²) < 4.78 is 9.06. The minimum absolute atomic E-state index is 0.508. The predicted octanol–water partition coefficient (Wildman–Crippen LogP) is 15.5. The van der Waals surface area contributed by atoms with Crippen LogP contribution in [0.2, 0.25) is 0 Å². The average molecular weight is 758 g/mol. The molecule has 2 nitrogen and oxygen atoms in total. The van der Waals surface area contributed by atoms with Gasteiger partial charge in [0.25, 0.3) is 0 Å². The van der Waals surface area contributed by atoms with Crippen LogP contribution in [0.25, 0.3) is 64.4 Å². The summed E-state index contributed by atoms with van der Waals surface area (Å²) in [4.78, 5) is 2.51. The third-order valence-corrected chi connectivity index (χ3v) is 13.3. The molecule has 1 aliphatic rings. The molecule has 1 aliphatic carbocycles. The van der Waals surface area contributed by atoms with E-state index in [9.17, 15) is 0 Å². The van der Waals surface area contributed by atoms with Crippen LogP contribution in [0.3, 0.4) is 0 Å². The molecule has 58 heavy (non-hydrogen) atoms. The molecule has 9 aromatic carbocycles. The lowest BCUT2D eigenvalue weighted by Crippen LogP contribution is -2.28. The average Bonchev–Trinajstić information content (AvgIpc) is 3.97. The van der Waals surface area contributed by atoms with E-state index in [1.807, 2.05) is 17.4 Å². The van der Waals surface area contributed by atoms with E-state index in [0.717, 1.165) is 50.1 Å². The van der Waals surface area contributed by atoms with Crippen molar-refractivity contribution >= 4 is 70.5 Å². The zero-order valence-electron chi connectivity index (χ0n) is 31.5. The van der Waals surface area contributed by atoms with Crippen molar-refractivity contribution in [2.24, 2.45) is 0 Å². The molecule has 3 heteroatoms. The van der Waals surface area contributed by atoms with Gasteiger partial charge in [0.1, 0.15) is 11.2 Å². The standard InChI is InChI=1S/C55H35NOS/c1-3-16-37(17-4-1)55(38-18-5-2-6-19-38)45-25-10-7-21-43(45)52-46(55)26-14-27-47(52)56(48-28-15-31-51-53(48)44-22-9-12-30-50(44)58-51)39-34-32-36(33-35-39)40-23-13-24-42-41-20-8-11-29-49(41)57-54(40)42/h1-35H. The van der Waals surface area contributed by atoms with Gasteiger partial charge in [0.05, 0.1) is 16.8 Å². The van der Waals surface area contributed by atoms with Crippen LogP contribution in [0.4, 0.5) is 17.1 Å². The second-order valence-electron chi connectivity index (χ2n) is 15.1. The van der Waals surface area contributed by atoms with Gasteiger partial charge in [-0.15, -0.1) is 11.3 Å². The second-order valence-corrected chi connectivity index (χ2v) is 16.2. The van der Waals surface area contributed by atoms with Crippen molar-refractivity contribution in [2.75, 3.05) is 4.90 Å². The van der Waals surface area contributed by atoms with E-state index in [4.69, 9.17) is 4.42 Å². The largest absolute Gasteiger partial charge is 0.455 e. The summed E-state index contributed by atoms with van der Waals surface area (Å²) in [6.45, 7) is 0. The van der Waals surface area contributed by atoms with Crippen molar-refractivity contribution in [3.63, 3.8) is 0 Å². The Kier molecular flexibility index (Phi) is 7.35. The number of nitrogens with zero attached hydrogens (tertiary/aromatic N) is 1. The second kappa shape index (κ2) is 12.9. The lowest BCUT2D eigenvalue weighted by molar-refractivity contribution is 0.670. The van der Waals surface area contributed by atoms with E-state index in [1.54, 1.807) is 0 Å². The van der Waals surface area contributed by atoms with Crippen molar-refractivity contribution in [1.82, 2.24) is 0 Å². The number of hydrogen-bond acceptors (Lipinski definition) is 3. The topological polar surface area (TPSA) is 16.4 Å². The summed E-state index contributed by atoms with van der Waals surface area (Å²) in [5.74, 6) is 0. The molecule has 2 heterocycles. The van der Waals surface area contributed by atoms with Crippen molar-refractivity contribution in [1.29, 1.82) is 0 Å². The molecule has 0 saturated carbocycles. The van der Waals surface area contributed by atoms with E-state index < -0.39 is 5.41 Å². The van der Waals surface area contributed by atoms with Crippen LogP contribution in [0, 0.1) is 0 Å². The molecule has 0 amide bonds. The normalized spacial score (nSPS) is 13.0. The van der Waals surface area contributed by atoms with Crippen LogP contribution in [0.15, 0.2) is 217 Å². The lowest BCUT2D eigenvalue weighted by Gasteiger charge is -2.34. The molecule has 0 spiro atoms. The molecule has 11 aromatic rings. The summed E-state index contributed by atoms with van der Waals surface area (Å²) in [7, 11) is 0. The predicted molar refractivity (Wildman–Crippen MR) is 244 cm³/mol. The molecule has 2 aromatic heterocycles. The van der Waals surface area contributed by atoms with Crippen LogP contribution >= 0.6 is 11.3 Å². The van der Waals surface area contributed by atoms with Crippen LogP contribution < -0.4 is 4.90 Å². The number of hydrogen-bond donors (Lipinski definition) is 0. The van der Waals surface area contributed by atoms with E-state index in [-0.39, 0.29) is 0 Å². The highest BCUT2D eigenvalue weighted by Gasteiger charge is 2.47. The molecule has 0 saturated heterocycles. The summed E-state index contributed by atoms with van der Waals surface area (Å²) in [5, 5.41) is 4.81. The van der Waals surface area contributed by atoms with Gasteiger partial charge in [0.15, 0.2) is 0 Å². The first-order valence-corrected chi connectivity index (χ1v) is 20.7. The molecule has 0 N–H and O–H groups in total. The third kappa shape index (κ3) is 4.71. The highest BCUT2D eigenvalue weighted by atomic mass is 32.1. The Hall–Kier alpha value is -7.20. The molecular formula is C55H35NOS. The van der Waals surface area contributed by atoms with Crippen molar-refractivity contribution in [2.45, 2.75) is 5.41 Å². The number of thiophene rings is 1. The van der Waals surface area contributed by atoms with Crippen molar-refractivity contribution < 1.29 is 4.42 Å². The van der Waals surface area contributed by atoms with E-state index >= 15 is 0 Å². The molecule has 0 bridgehead atoms. The van der Waals surface area contributed by atoms with Crippen LogP contribution in [-0.2, 0) is 5.41 Å². The number of rotatable bonds is 6. The van der Waals surface area contributed by atoms with Gasteiger partial charge < -0.3 is 9.32 Å². The van der Waals surface area contributed by atoms with Gasteiger partial charge in [-0.2, -0.15) is 0 Å². The lowest BCUT2D eigenvalue weighted by atomic mass is 9.68. The Morgan fingerprint density at radius 3 is 1.81 bits per heavy atom. The van der Waals surface area contributed by atoms with Crippen LogP contribution in [0.1, 0.15) is 22.3 Å². The molecule has 0 unspecified atom stereocenters. The monoisotopic (exact) mass is 757 g/mol. The van der Waals surface area contributed by atoms with Gasteiger partial charge >= 0.3 is 0 Å². The summed E-state index contributed by atoms with van der Waals surface area (Å²) in [6.07, 6.45) is 0. The number of furan rings is 1. The third-order valence-electron chi connectivity index (χ3n) is 12.2. The Balaban J connectivity index is 1.13. The van der Waals surface area contributed by atoms with E-state index in [1.165, 1.54) is 53.6 Å². The van der Waals surface area contributed by atoms with Gasteiger partial charge in [-0.1, -0.05) is 170 Å². The smallest absolute Gasteiger partial charge is 0.143 e. The van der Waals surface area contributed by atoms with Crippen LogP contribution in [0.5, 0.6) is 0 Å². The fourth-order valence-corrected chi connectivity index (χ4v) is 10.9. The summed E-state index contributed by atoms with van der Waals surface area (Å²) >= 11 is 1.86. The van der Waals surface area contributed by atoms with Gasteiger partial charge in [-0.05, 0) is 75.8 Å². The maximum absolute atomic E-state index is 6.50. The first kappa shape index (κ1) is 33.0. The van der Waals surface area contributed by atoms with Crippen molar-refractivity contribution in [3.8, 4) is 22.3 Å². The molecule has 0 aliphatic heterocycles. The Labute approximate surface area is 340 Å². The molecule has 0 radical (unpaired) electrons. The van der Waals surface area contributed by atoms with Crippen LogP contribution in [-0.4, -0.2) is 0 Å². The van der Waals surface area contributed by atoms with E-state index in [0.29, 0.717) is 0 Å². The van der Waals surface area contributed by atoms with Gasteiger partial charge in [0.2, 0.25) is 0 Å². The zero-order chi connectivity index (χ0) is 38.2. The maximum atomic E-state index is 6.50. The molecule has 0 fully saturated rings.